The molecule has 1 atom stereocenters. The number of unbranched alkanes of at least 4 members (excludes halogenated alkanes) is 2. The molecule has 1 aliphatic rings. The molecular formula is C14H23NO2. The van der Waals surface area contributed by atoms with E-state index in [9.17, 15) is 4.79 Å². The lowest BCUT2D eigenvalue weighted by molar-refractivity contribution is -0.133. The van der Waals surface area contributed by atoms with Gasteiger partial charge in [0.05, 0.1) is 0 Å². The Hall–Kier alpha value is -1.01. The number of aliphatic hydroxyl groups excluding tert-OH is 1. The molecule has 1 amide bonds. The van der Waals surface area contributed by atoms with Crippen LogP contribution in [-0.2, 0) is 4.79 Å². The van der Waals surface area contributed by atoms with Gasteiger partial charge >= 0.3 is 0 Å². The van der Waals surface area contributed by atoms with Crippen molar-refractivity contribution >= 4 is 5.91 Å². The van der Waals surface area contributed by atoms with E-state index in [1.165, 1.54) is 0 Å². The van der Waals surface area contributed by atoms with E-state index in [0.29, 0.717) is 12.3 Å². The first-order valence-electron chi connectivity index (χ1n) is 6.60. The average Bonchev–Trinajstić information content (AvgIpc) is 2.35. The van der Waals surface area contributed by atoms with Crippen molar-refractivity contribution in [2.24, 2.45) is 5.92 Å². The molecule has 1 unspecified atom stereocenters. The minimum Gasteiger partial charge on any atom is -0.396 e. The topological polar surface area (TPSA) is 40.5 Å². The second kappa shape index (κ2) is 8.14. The van der Waals surface area contributed by atoms with E-state index in [4.69, 9.17) is 11.5 Å². The summed E-state index contributed by atoms with van der Waals surface area (Å²) in [6.45, 7) is 1.94. The lowest BCUT2D eigenvalue weighted by Gasteiger charge is -2.32. The molecule has 0 spiro atoms. The van der Waals surface area contributed by atoms with Crippen LogP contribution in [0.3, 0.4) is 0 Å². The van der Waals surface area contributed by atoms with Crippen molar-refractivity contribution in [3.63, 3.8) is 0 Å². The number of carbonyl (C=O) groups excluding carboxylic acids is 1. The standard InChI is InChI=1S/C14H23NO2/c1-2-3-4-5-8-14(17)15-10-6-7-13(12-15)9-11-16/h1,13,16H,3-12H2. The second-order valence-corrected chi connectivity index (χ2v) is 4.77. The van der Waals surface area contributed by atoms with Crippen LogP contribution >= 0.6 is 0 Å². The van der Waals surface area contributed by atoms with Crippen LogP contribution in [0.15, 0.2) is 0 Å². The Morgan fingerprint density at radius 2 is 2.29 bits per heavy atom. The molecular weight excluding hydrogens is 214 g/mol. The van der Waals surface area contributed by atoms with Crippen molar-refractivity contribution in [3.05, 3.63) is 0 Å². The van der Waals surface area contributed by atoms with E-state index in [0.717, 1.165) is 51.6 Å². The summed E-state index contributed by atoms with van der Waals surface area (Å²) in [4.78, 5) is 13.9. The normalized spacial score (nSPS) is 20.0. The Kier molecular flexibility index (Phi) is 6.73. The summed E-state index contributed by atoms with van der Waals surface area (Å²) in [5, 5.41) is 8.92. The molecule has 17 heavy (non-hydrogen) atoms. The van der Waals surface area contributed by atoms with Crippen molar-refractivity contribution in [1.29, 1.82) is 0 Å². The quantitative estimate of drug-likeness (QED) is 0.565. The summed E-state index contributed by atoms with van der Waals surface area (Å²) in [5.74, 6) is 3.34. The van der Waals surface area contributed by atoms with Crippen LogP contribution in [-0.4, -0.2) is 35.6 Å². The second-order valence-electron chi connectivity index (χ2n) is 4.77. The fourth-order valence-corrected chi connectivity index (χ4v) is 2.37. The van der Waals surface area contributed by atoms with Crippen LogP contribution in [0.25, 0.3) is 0 Å². The number of carbonyl (C=O) groups is 1. The van der Waals surface area contributed by atoms with Gasteiger partial charge in [-0.3, -0.25) is 4.79 Å². The van der Waals surface area contributed by atoms with Gasteiger partial charge in [-0.2, -0.15) is 0 Å². The number of amides is 1. The van der Waals surface area contributed by atoms with Crippen LogP contribution < -0.4 is 0 Å². The van der Waals surface area contributed by atoms with Gasteiger partial charge in [0.1, 0.15) is 0 Å². The highest BCUT2D eigenvalue weighted by Crippen LogP contribution is 2.20. The molecule has 0 saturated carbocycles. The zero-order chi connectivity index (χ0) is 12.5. The fourth-order valence-electron chi connectivity index (χ4n) is 2.37. The number of terminal acetylenes is 1. The number of hydrogen-bond donors (Lipinski definition) is 1. The van der Waals surface area contributed by atoms with Crippen LogP contribution in [0, 0.1) is 18.3 Å². The first-order chi connectivity index (χ1) is 8.27. The molecule has 0 radical (unpaired) electrons. The molecule has 1 saturated heterocycles. The Bertz CT molecular complexity index is 268. The third-order valence-electron chi connectivity index (χ3n) is 3.37. The Morgan fingerprint density at radius 1 is 1.47 bits per heavy atom. The summed E-state index contributed by atoms with van der Waals surface area (Å²) in [7, 11) is 0. The van der Waals surface area contributed by atoms with Crippen LogP contribution in [0.4, 0.5) is 0 Å². The maximum absolute atomic E-state index is 11.9. The molecule has 0 aromatic carbocycles. The molecule has 1 heterocycles. The van der Waals surface area contributed by atoms with Crippen molar-refractivity contribution in [1.82, 2.24) is 4.90 Å². The van der Waals surface area contributed by atoms with Gasteiger partial charge in [0.2, 0.25) is 5.91 Å². The molecule has 0 bridgehead atoms. The van der Waals surface area contributed by atoms with Crippen molar-refractivity contribution in [3.8, 4) is 12.3 Å². The monoisotopic (exact) mass is 237 g/mol. The minimum absolute atomic E-state index is 0.231. The summed E-state index contributed by atoms with van der Waals surface area (Å²) in [6.07, 6.45) is 11.4. The molecule has 0 aromatic heterocycles. The summed E-state index contributed by atoms with van der Waals surface area (Å²) < 4.78 is 0. The lowest BCUT2D eigenvalue weighted by Crippen LogP contribution is -2.40. The average molecular weight is 237 g/mol. The van der Waals surface area contributed by atoms with Gasteiger partial charge in [0.15, 0.2) is 0 Å². The van der Waals surface area contributed by atoms with Gasteiger partial charge in [-0.25, -0.2) is 0 Å². The summed E-state index contributed by atoms with van der Waals surface area (Å²) >= 11 is 0. The molecule has 1 fully saturated rings. The van der Waals surface area contributed by atoms with E-state index in [1.54, 1.807) is 0 Å². The SMILES string of the molecule is C#CCCCCC(=O)N1CCCC(CCO)C1. The van der Waals surface area contributed by atoms with Gasteiger partial charge in [-0.1, -0.05) is 0 Å². The van der Waals surface area contributed by atoms with Gasteiger partial charge in [0.25, 0.3) is 0 Å². The van der Waals surface area contributed by atoms with E-state index < -0.39 is 0 Å². The van der Waals surface area contributed by atoms with Crippen molar-refractivity contribution < 1.29 is 9.90 Å². The smallest absolute Gasteiger partial charge is 0.222 e. The molecule has 0 aliphatic carbocycles. The van der Waals surface area contributed by atoms with E-state index in [-0.39, 0.29) is 12.5 Å². The van der Waals surface area contributed by atoms with Crippen LogP contribution in [0.2, 0.25) is 0 Å². The molecule has 0 aromatic rings. The first-order valence-corrected chi connectivity index (χ1v) is 6.60. The Balaban J connectivity index is 2.24. The zero-order valence-electron chi connectivity index (χ0n) is 10.5. The largest absolute Gasteiger partial charge is 0.396 e. The number of likely N-dealkylation sites (tertiary alicyclic amines) is 1. The third-order valence-corrected chi connectivity index (χ3v) is 3.37. The number of rotatable bonds is 6. The van der Waals surface area contributed by atoms with E-state index in [1.807, 2.05) is 4.90 Å². The van der Waals surface area contributed by atoms with E-state index >= 15 is 0 Å². The van der Waals surface area contributed by atoms with Gasteiger partial charge in [-0.05, 0) is 38.0 Å². The van der Waals surface area contributed by atoms with Crippen LogP contribution in [0.1, 0.15) is 44.9 Å². The predicted molar refractivity (Wildman–Crippen MR) is 68.3 cm³/mol. The zero-order valence-corrected chi connectivity index (χ0v) is 10.5. The highest BCUT2D eigenvalue weighted by molar-refractivity contribution is 5.76. The maximum Gasteiger partial charge on any atom is 0.222 e. The van der Waals surface area contributed by atoms with E-state index in [2.05, 4.69) is 5.92 Å². The number of hydrogen-bond acceptors (Lipinski definition) is 2. The Labute approximate surface area is 104 Å². The van der Waals surface area contributed by atoms with Crippen LogP contribution in [0.5, 0.6) is 0 Å². The molecule has 3 heteroatoms. The van der Waals surface area contributed by atoms with Gasteiger partial charge < -0.3 is 10.0 Å². The molecule has 1 aliphatic heterocycles. The summed E-state index contributed by atoms with van der Waals surface area (Å²) in [6, 6.07) is 0. The number of piperidine rings is 1. The van der Waals surface area contributed by atoms with Crippen molar-refractivity contribution in [2.45, 2.75) is 44.9 Å². The summed E-state index contributed by atoms with van der Waals surface area (Å²) in [5.41, 5.74) is 0. The maximum atomic E-state index is 11.9. The highest BCUT2D eigenvalue weighted by atomic mass is 16.3. The third kappa shape index (κ3) is 5.23. The fraction of sp³-hybridized carbons (Fsp3) is 0.786. The predicted octanol–water partition coefficient (Wildman–Crippen LogP) is 1.80. The van der Waals surface area contributed by atoms with Gasteiger partial charge in [-0.15, -0.1) is 12.3 Å². The molecule has 96 valence electrons. The number of nitrogens with zero attached hydrogens (tertiary/aromatic N) is 1. The molecule has 3 nitrogen and oxygen atoms in total. The van der Waals surface area contributed by atoms with Gasteiger partial charge in [0, 0.05) is 32.5 Å². The number of aliphatic hydroxyl groups is 1. The lowest BCUT2D eigenvalue weighted by atomic mass is 9.95. The Morgan fingerprint density at radius 3 is 3.00 bits per heavy atom. The first kappa shape index (κ1) is 14.1. The molecule has 1 N–H and O–H groups in total. The minimum atomic E-state index is 0.231. The highest BCUT2D eigenvalue weighted by Gasteiger charge is 2.22. The van der Waals surface area contributed by atoms with Crippen molar-refractivity contribution in [2.75, 3.05) is 19.7 Å². The molecule has 1 rings (SSSR count).